The van der Waals surface area contributed by atoms with Gasteiger partial charge < -0.3 is 10.5 Å². The van der Waals surface area contributed by atoms with E-state index in [1.165, 1.54) is 11.1 Å². The van der Waals surface area contributed by atoms with E-state index in [4.69, 9.17) is 10.5 Å². The molecule has 4 heteroatoms. The summed E-state index contributed by atoms with van der Waals surface area (Å²) >= 11 is 0. The fraction of sp³-hybridized carbons (Fsp3) is 0.438. The number of hydrogen-bond donors (Lipinski definition) is 1. The summed E-state index contributed by atoms with van der Waals surface area (Å²) in [6.45, 7) is 4.29. The molecule has 2 heterocycles. The number of ether oxygens (including phenoxy) is 1. The summed E-state index contributed by atoms with van der Waals surface area (Å²) in [5.41, 5.74) is 8.55. The minimum Gasteiger partial charge on any atom is -0.493 e. The number of rotatable bonds is 4. The quantitative estimate of drug-likeness (QED) is 0.925. The van der Waals surface area contributed by atoms with Crippen LogP contribution in [0.15, 0.2) is 36.7 Å². The fourth-order valence-electron chi connectivity index (χ4n) is 2.90. The maximum atomic E-state index is 6.08. The van der Waals surface area contributed by atoms with Gasteiger partial charge >= 0.3 is 0 Å². The molecule has 1 aliphatic heterocycles. The van der Waals surface area contributed by atoms with Crippen molar-refractivity contribution in [2.75, 3.05) is 13.2 Å². The Balaban J connectivity index is 1.82. The summed E-state index contributed by atoms with van der Waals surface area (Å²) in [5, 5.41) is 4.34. The third-order valence-electron chi connectivity index (χ3n) is 4.09. The van der Waals surface area contributed by atoms with Crippen LogP contribution in [-0.2, 0) is 19.4 Å². The molecule has 1 unspecified atom stereocenters. The van der Waals surface area contributed by atoms with Gasteiger partial charge in [-0.3, -0.25) is 4.68 Å². The van der Waals surface area contributed by atoms with Gasteiger partial charge in [0.05, 0.1) is 12.8 Å². The number of hydrogen-bond acceptors (Lipinski definition) is 3. The van der Waals surface area contributed by atoms with Gasteiger partial charge in [0, 0.05) is 24.7 Å². The van der Waals surface area contributed by atoms with Gasteiger partial charge in [0.25, 0.3) is 0 Å². The van der Waals surface area contributed by atoms with Crippen LogP contribution in [0.2, 0.25) is 0 Å². The van der Waals surface area contributed by atoms with E-state index in [0.717, 1.165) is 25.1 Å². The van der Waals surface area contributed by atoms with E-state index in [2.05, 4.69) is 30.4 Å². The van der Waals surface area contributed by atoms with Crippen LogP contribution in [0.1, 0.15) is 18.1 Å². The van der Waals surface area contributed by atoms with Crippen LogP contribution in [0.5, 0.6) is 5.75 Å². The second kappa shape index (κ2) is 5.29. The predicted octanol–water partition coefficient (Wildman–Crippen LogP) is 2.03. The largest absolute Gasteiger partial charge is 0.493 e. The zero-order chi connectivity index (χ0) is 14.0. The molecule has 0 bridgehead atoms. The lowest BCUT2D eigenvalue weighted by Crippen LogP contribution is -2.43. The third kappa shape index (κ3) is 2.43. The minimum absolute atomic E-state index is 0.0179. The van der Waals surface area contributed by atoms with E-state index in [0.29, 0.717) is 13.2 Å². The molecule has 0 saturated heterocycles. The molecule has 2 N–H and O–H groups in total. The zero-order valence-corrected chi connectivity index (χ0v) is 11.9. The van der Waals surface area contributed by atoms with Gasteiger partial charge in [-0.15, -0.1) is 0 Å². The molecule has 106 valence electrons. The maximum Gasteiger partial charge on any atom is 0.122 e. The fourth-order valence-corrected chi connectivity index (χ4v) is 2.90. The van der Waals surface area contributed by atoms with Crippen LogP contribution >= 0.6 is 0 Å². The van der Waals surface area contributed by atoms with Crippen LogP contribution < -0.4 is 10.5 Å². The average molecular weight is 271 g/mol. The number of nitrogens with two attached hydrogens (primary N) is 1. The topological polar surface area (TPSA) is 53.1 Å². The lowest BCUT2D eigenvalue weighted by molar-refractivity contribution is 0.126. The Labute approximate surface area is 119 Å². The lowest BCUT2D eigenvalue weighted by atomic mass is 9.76. The monoisotopic (exact) mass is 271 g/mol. The molecule has 1 aliphatic rings. The van der Waals surface area contributed by atoms with Crippen molar-refractivity contribution >= 4 is 0 Å². The molecule has 1 aromatic carbocycles. The number of aryl methyl sites for hydroxylation is 1. The number of fused-ring (bicyclic) bond motifs is 1. The van der Waals surface area contributed by atoms with E-state index in [-0.39, 0.29) is 5.41 Å². The highest BCUT2D eigenvalue weighted by Gasteiger charge is 2.35. The van der Waals surface area contributed by atoms with E-state index in [1.54, 1.807) is 0 Å². The van der Waals surface area contributed by atoms with Crippen molar-refractivity contribution < 1.29 is 4.74 Å². The van der Waals surface area contributed by atoms with Crippen LogP contribution in [0.4, 0.5) is 0 Å². The summed E-state index contributed by atoms with van der Waals surface area (Å²) in [6.07, 6.45) is 5.94. The van der Waals surface area contributed by atoms with Crippen molar-refractivity contribution in [2.24, 2.45) is 11.1 Å². The Morgan fingerprint density at radius 1 is 1.40 bits per heavy atom. The zero-order valence-electron chi connectivity index (χ0n) is 11.9. The van der Waals surface area contributed by atoms with E-state index in [1.807, 2.05) is 23.0 Å². The van der Waals surface area contributed by atoms with Crippen LogP contribution in [0.25, 0.3) is 0 Å². The number of benzene rings is 1. The smallest absolute Gasteiger partial charge is 0.122 e. The van der Waals surface area contributed by atoms with Crippen LogP contribution in [0.3, 0.4) is 0 Å². The van der Waals surface area contributed by atoms with Gasteiger partial charge in [-0.1, -0.05) is 18.2 Å². The average Bonchev–Trinajstić information content (AvgIpc) is 2.94. The van der Waals surface area contributed by atoms with E-state index < -0.39 is 0 Å². The van der Waals surface area contributed by atoms with Crippen molar-refractivity contribution in [3.8, 4) is 5.75 Å². The van der Waals surface area contributed by atoms with Crippen molar-refractivity contribution in [1.82, 2.24) is 9.78 Å². The summed E-state index contributed by atoms with van der Waals surface area (Å²) in [5.74, 6) is 1.00. The highest BCUT2D eigenvalue weighted by atomic mass is 16.5. The molecule has 0 fully saturated rings. The van der Waals surface area contributed by atoms with Gasteiger partial charge in [-0.25, -0.2) is 0 Å². The summed E-state index contributed by atoms with van der Waals surface area (Å²) < 4.78 is 7.88. The Kier molecular flexibility index (Phi) is 3.49. The standard InChI is InChI=1S/C16H21N3O/c1-2-19-10-13(9-18-19)7-16(11-17)8-14-5-3-4-6-15(14)20-12-16/h3-6,9-10H,2,7-8,11-12,17H2,1H3. The van der Waals surface area contributed by atoms with Gasteiger partial charge in [0.2, 0.25) is 0 Å². The van der Waals surface area contributed by atoms with E-state index in [9.17, 15) is 0 Å². The number of nitrogens with zero attached hydrogens (tertiary/aromatic N) is 2. The Hall–Kier alpha value is -1.81. The molecule has 0 saturated carbocycles. The summed E-state index contributed by atoms with van der Waals surface area (Å²) in [6, 6.07) is 8.24. The Morgan fingerprint density at radius 2 is 2.25 bits per heavy atom. The van der Waals surface area contributed by atoms with Crippen molar-refractivity contribution in [1.29, 1.82) is 0 Å². The highest BCUT2D eigenvalue weighted by molar-refractivity contribution is 5.36. The molecule has 1 aromatic heterocycles. The maximum absolute atomic E-state index is 6.08. The molecule has 20 heavy (non-hydrogen) atoms. The lowest BCUT2D eigenvalue weighted by Gasteiger charge is -2.37. The van der Waals surface area contributed by atoms with Gasteiger partial charge in [-0.2, -0.15) is 5.10 Å². The van der Waals surface area contributed by atoms with Gasteiger partial charge in [0.1, 0.15) is 5.75 Å². The Morgan fingerprint density at radius 3 is 3.00 bits per heavy atom. The van der Waals surface area contributed by atoms with Crippen molar-refractivity contribution in [2.45, 2.75) is 26.3 Å². The molecule has 2 aromatic rings. The first kappa shape index (κ1) is 13.2. The van der Waals surface area contributed by atoms with Crippen LogP contribution in [-0.4, -0.2) is 22.9 Å². The van der Waals surface area contributed by atoms with Gasteiger partial charge in [-0.05, 0) is 37.0 Å². The molecule has 0 spiro atoms. The second-order valence-electron chi connectivity index (χ2n) is 5.66. The first-order valence-electron chi connectivity index (χ1n) is 7.17. The van der Waals surface area contributed by atoms with Crippen molar-refractivity contribution in [3.05, 3.63) is 47.8 Å². The minimum atomic E-state index is -0.0179. The molecule has 0 radical (unpaired) electrons. The SMILES string of the molecule is CCn1cc(CC2(CN)COc3ccccc3C2)cn1. The van der Waals surface area contributed by atoms with Crippen molar-refractivity contribution in [3.63, 3.8) is 0 Å². The molecule has 0 amide bonds. The second-order valence-corrected chi connectivity index (χ2v) is 5.66. The summed E-state index contributed by atoms with van der Waals surface area (Å²) in [4.78, 5) is 0. The number of para-hydroxylation sites is 1. The predicted molar refractivity (Wildman–Crippen MR) is 78.7 cm³/mol. The Bertz CT molecular complexity index is 593. The van der Waals surface area contributed by atoms with Crippen LogP contribution in [0, 0.1) is 5.41 Å². The first-order valence-corrected chi connectivity index (χ1v) is 7.17. The highest BCUT2D eigenvalue weighted by Crippen LogP contribution is 2.36. The molecule has 4 nitrogen and oxygen atoms in total. The molecular weight excluding hydrogens is 250 g/mol. The van der Waals surface area contributed by atoms with Gasteiger partial charge in [0.15, 0.2) is 0 Å². The molecule has 0 aliphatic carbocycles. The summed E-state index contributed by atoms with van der Waals surface area (Å²) in [7, 11) is 0. The molecule has 3 rings (SSSR count). The molecular formula is C16H21N3O. The molecule has 1 atom stereocenters. The third-order valence-corrected chi connectivity index (χ3v) is 4.09. The number of aromatic nitrogens is 2. The normalized spacial score (nSPS) is 21.3. The van der Waals surface area contributed by atoms with E-state index >= 15 is 0 Å². The first-order chi connectivity index (χ1) is 9.74.